The van der Waals surface area contributed by atoms with E-state index in [1.807, 2.05) is 35.4 Å². The third-order valence-electron chi connectivity index (χ3n) is 5.93. The Kier molecular flexibility index (Phi) is 5.24. The molecule has 158 valence electrons. The molecular formula is C24H23FN4O2. The Bertz CT molecular complexity index is 1220. The number of benzene rings is 2. The predicted molar refractivity (Wildman–Crippen MR) is 115 cm³/mol. The van der Waals surface area contributed by atoms with Crippen molar-refractivity contribution in [2.75, 3.05) is 13.1 Å². The Morgan fingerprint density at radius 1 is 1.19 bits per heavy atom. The number of aromatic amines is 1. The monoisotopic (exact) mass is 418 g/mol. The van der Waals surface area contributed by atoms with Crippen molar-refractivity contribution in [1.82, 2.24) is 20.0 Å². The van der Waals surface area contributed by atoms with Crippen molar-refractivity contribution >= 4 is 16.8 Å². The smallest absolute Gasteiger partial charge is 0.227 e. The van der Waals surface area contributed by atoms with Crippen molar-refractivity contribution in [2.45, 2.75) is 25.7 Å². The first kappa shape index (κ1) is 19.5. The van der Waals surface area contributed by atoms with Crippen LogP contribution in [0.4, 0.5) is 4.39 Å². The number of H-pyrrole nitrogens is 1. The predicted octanol–water partition coefficient (Wildman–Crippen LogP) is 4.38. The number of piperidine rings is 1. The van der Waals surface area contributed by atoms with Crippen LogP contribution in [-0.4, -0.2) is 39.0 Å². The van der Waals surface area contributed by atoms with Crippen LogP contribution < -0.4 is 0 Å². The maximum absolute atomic E-state index is 14.0. The van der Waals surface area contributed by atoms with Crippen molar-refractivity contribution in [3.8, 4) is 11.4 Å². The molecule has 3 heterocycles. The molecule has 4 aromatic rings. The molecule has 1 amide bonds. The van der Waals surface area contributed by atoms with Gasteiger partial charge in [-0.15, -0.1) is 0 Å². The van der Waals surface area contributed by atoms with Gasteiger partial charge in [-0.1, -0.05) is 35.5 Å². The summed E-state index contributed by atoms with van der Waals surface area (Å²) >= 11 is 0. The number of fused-ring (bicyclic) bond motifs is 1. The summed E-state index contributed by atoms with van der Waals surface area (Å²) in [5, 5.41) is 5.03. The lowest BCUT2D eigenvalue weighted by Gasteiger charge is -2.32. The first-order valence-corrected chi connectivity index (χ1v) is 10.6. The van der Waals surface area contributed by atoms with Gasteiger partial charge in [0.1, 0.15) is 5.82 Å². The molecule has 1 aliphatic rings. The highest BCUT2D eigenvalue weighted by Crippen LogP contribution is 2.25. The van der Waals surface area contributed by atoms with Crippen LogP contribution in [0.5, 0.6) is 0 Å². The lowest BCUT2D eigenvalue weighted by Crippen LogP contribution is -2.41. The average molecular weight is 418 g/mol. The molecule has 7 heteroatoms. The van der Waals surface area contributed by atoms with Crippen LogP contribution in [0.15, 0.2) is 59.3 Å². The number of halogens is 1. The van der Waals surface area contributed by atoms with Gasteiger partial charge in [0.2, 0.25) is 17.6 Å². The molecule has 0 radical (unpaired) electrons. The summed E-state index contributed by atoms with van der Waals surface area (Å²) < 4.78 is 19.3. The first-order chi connectivity index (χ1) is 15.2. The van der Waals surface area contributed by atoms with E-state index in [0.29, 0.717) is 30.8 Å². The number of carbonyl (C=O) groups is 1. The number of hydrogen-bond acceptors (Lipinski definition) is 4. The number of likely N-dealkylation sites (tertiary alicyclic amines) is 1. The summed E-state index contributed by atoms with van der Waals surface area (Å²) in [5.74, 6) is 0.744. The lowest BCUT2D eigenvalue weighted by molar-refractivity contribution is -0.132. The van der Waals surface area contributed by atoms with Gasteiger partial charge in [0, 0.05) is 36.6 Å². The highest BCUT2D eigenvalue weighted by molar-refractivity contribution is 5.88. The third-order valence-corrected chi connectivity index (χ3v) is 5.93. The highest BCUT2D eigenvalue weighted by Gasteiger charge is 2.26. The number of nitrogens with one attached hydrogen (secondary N) is 1. The summed E-state index contributed by atoms with van der Waals surface area (Å²) in [6.45, 7) is 1.43. The van der Waals surface area contributed by atoms with Crippen molar-refractivity contribution in [1.29, 1.82) is 0 Å². The van der Waals surface area contributed by atoms with E-state index >= 15 is 0 Å². The molecule has 2 aromatic carbocycles. The fourth-order valence-corrected chi connectivity index (χ4v) is 4.35. The molecular weight excluding hydrogens is 395 g/mol. The molecule has 1 saturated heterocycles. The largest absolute Gasteiger partial charge is 0.361 e. The van der Waals surface area contributed by atoms with E-state index in [4.69, 9.17) is 4.52 Å². The van der Waals surface area contributed by atoms with E-state index in [1.165, 1.54) is 6.07 Å². The van der Waals surface area contributed by atoms with Gasteiger partial charge in [0.15, 0.2) is 0 Å². The van der Waals surface area contributed by atoms with E-state index in [9.17, 15) is 9.18 Å². The van der Waals surface area contributed by atoms with Crippen molar-refractivity contribution in [3.05, 3.63) is 72.0 Å². The van der Waals surface area contributed by atoms with Crippen molar-refractivity contribution in [2.24, 2.45) is 5.92 Å². The van der Waals surface area contributed by atoms with Crippen LogP contribution in [0, 0.1) is 11.7 Å². The average Bonchev–Trinajstić information content (AvgIpc) is 3.42. The lowest BCUT2D eigenvalue weighted by atomic mass is 9.94. The maximum Gasteiger partial charge on any atom is 0.227 e. The molecule has 5 rings (SSSR count). The summed E-state index contributed by atoms with van der Waals surface area (Å²) in [5.41, 5.74) is 2.40. The van der Waals surface area contributed by atoms with Crippen LogP contribution in [-0.2, 0) is 17.6 Å². The van der Waals surface area contributed by atoms with Crippen molar-refractivity contribution in [3.63, 3.8) is 0 Å². The molecule has 0 aliphatic carbocycles. The standard InChI is InChI=1S/C24H23FN4O2/c25-20-9-3-1-8-19(20)24-27-22(31-28-24)12-16-6-5-11-29(15-16)23(30)13-17-14-26-21-10-4-2-7-18(17)21/h1-4,7-10,14,16,26H,5-6,11-13,15H2. The van der Waals surface area contributed by atoms with E-state index in [2.05, 4.69) is 15.1 Å². The third kappa shape index (κ3) is 4.08. The molecule has 31 heavy (non-hydrogen) atoms. The normalized spacial score (nSPS) is 16.7. The zero-order valence-electron chi connectivity index (χ0n) is 17.1. The zero-order valence-corrected chi connectivity index (χ0v) is 17.1. The minimum absolute atomic E-state index is 0.132. The first-order valence-electron chi connectivity index (χ1n) is 10.6. The zero-order chi connectivity index (χ0) is 21.2. The van der Waals surface area contributed by atoms with Crippen LogP contribution in [0.3, 0.4) is 0 Å². The summed E-state index contributed by atoms with van der Waals surface area (Å²) in [6.07, 6.45) is 4.83. The summed E-state index contributed by atoms with van der Waals surface area (Å²) in [7, 11) is 0. The van der Waals surface area contributed by atoms with E-state index in [1.54, 1.807) is 18.2 Å². The van der Waals surface area contributed by atoms with Crippen LogP contribution in [0.25, 0.3) is 22.3 Å². The Morgan fingerprint density at radius 2 is 2.03 bits per heavy atom. The molecule has 1 unspecified atom stereocenters. The SMILES string of the molecule is O=C(Cc1c[nH]c2ccccc12)N1CCCC(Cc2nc(-c3ccccc3F)no2)C1. The minimum atomic E-state index is -0.374. The topological polar surface area (TPSA) is 75.0 Å². The second kappa shape index (κ2) is 8.34. The van der Waals surface area contributed by atoms with Gasteiger partial charge in [-0.3, -0.25) is 4.79 Å². The molecule has 0 bridgehead atoms. The second-order valence-corrected chi connectivity index (χ2v) is 8.08. The number of nitrogens with zero attached hydrogens (tertiary/aromatic N) is 3. The van der Waals surface area contributed by atoms with Gasteiger partial charge in [0.05, 0.1) is 12.0 Å². The van der Waals surface area contributed by atoms with Gasteiger partial charge < -0.3 is 14.4 Å². The van der Waals surface area contributed by atoms with Crippen LogP contribution >= 0.6 is 0 Å². The molecule has 0 spiro atoms. The minimum Gasteiger partial charge on any atom is -0.361 e. The fraction of sp³-hybridized carbons (Fsp3) is 0.292. The highest BCUT2D eigenvalue weighted by atomic mass is 19.1. The van der Waals surface area contributed by atoms with Crippen LogP contribution in [0.1, 0.15) is 24.3 Å². The van der Waals surface area contributed by atoms with E-state index in [-0.39, 0.29) is 23.5 Å². The van der Waals surface area contributed by atoms with Crippen LogP contribution in [0.2, 0.25) is 0 Å². The van der Waals surface area contributed by atoms with Gasteiger partial charge in [0.25, 0.3) is 0 Å². The fourth-order valence-electron chi connectivity index (χ4n) is 4.35. The number of rotatable bonds is 5. The van der Waals surface area contributed by atoms with E-state index < -0.39 is 0 Å². The number of carbonyl (C=O) groups excluding carboxylic acids is 1. The van der Waals surface area contributed by atoms with E-state index in [0.717, 1.165) is 35.9 Å². The Morgan fingerprint density at radius 3 is 2.94 bits per heavy atom. The molecule has 1 aliphatic heterocycles. The summed E-state index contributed by atoms with van der Waals surface area (Å²) in [6, 6.07) is 14.4. The number of amides is 1. The molecule has 2 aromatic heterocycles. The maximum atomic E-state index is 14.0. The quantitative estimate of drug-likeness (QED) is 0.522. The Balaban J connectivity index is 1.23. The number of aromatic nitrogens is 3. The van der Waals surface area contributed by atoms with Gasteiger partial charge >= 0.3 is 0 Å². The van der Waals surface area contributed by atoms with Gasteiger partial charge in [-0.25, -0.2) is 4.39 Å². The molecule has 1 fully saturated rings. The Labute approximate surface area is 179 Å². The number of para-hydroxylation sites is 1. The number of hydrogen-bond donors (Lipinski definition) is 1. The van der Waals surface area contributed by atoms with Crippen molar-refractivity contribution < 1.29 is 13.7 Å². The second-order valence-electron chi connectivity index (χ2n) is 8.08. The molecule has 1 atom stereocenters. The van der Waals surface area contributed by atoms with Gasteiger partial charge in [-0.05, 0) is 42.5 Å². The van der Waals surface area contributed by atoms with Gasteiger partial charge in [-0.2, -0.15) is 4.98 Å². The Hall–Kier alpha value is -3.48. The molecule has 6 nitrogen and oxygen atoms in total. The summed E-state index contributed by atoms with van der Waals surface area (Å²) in [4.78, 5) is 22.5. The molecule has 1 N–H and O–H groups in total. The molecule has 0 saturated carbocycles.